The van der Waals surface area contributed by atoms with Crippen molar-refractivity contribution in [3.05, 3.63) is 18.0 Å². The lowest BCUT2D eigenvalue weighted by atomic mass is 9.78. The Morgan fingerprint density at radius 3 is 2.70 bits per heavy atom. The molecule has 1 amide bonds. The summed E-state index contributed by atoms with van der Waals surface area (Å²) in [6, 6.07) is 1.09. The third-order valence-corrected chi connectivity index (χ3v) is 5.97. The number of halogens is 3. The Balaban J connectivity index is 1.52. The van der Waals surface area contributed by atoms with Crippen molar-refractivity contribution >= 4 is 11.9 Å². The molecule has 1 spiro atoms. The normalized spacial score (nSPS) is 27.6. The first-order valence-corrected chi connectivity index (χ1v) is 9.43. The fourth-order valence-electron chi connectivity index (χ4n) is 4.53. The highest BCUT2D eigenvalue weighted by Gasteiger charge is 2.51. The molecule has 1 aromatic heterocycles. The van der Waals surface area contributed by atoms with Gasteiger partial charge in [-0.2, -0.15) is 13.2 Å². The lowest BCUT2D eigenvalue weighted by Gasteiger charge is -2.40. The zero-order valence-corrected chi connectivity index (χ0v) is 15.0. The molecule has 0 aromatic carbocycles. The summed E-state index contributed by atoms with van der Waals surface area (Å²) in [6.45, 7) is 3.00. The van der Waals surface area contributed by atoms with Crippen molar-refractivity contribution in [1.82, 2.24) is 14.9 Å². The maximum atomic E-state index is 13.2. The van der Waals surface area contributed by atoms with E-state index >= 15 is 0 Å². The molecule has 1 unspecified atom stereocenters. The number of hydrogen-bond donors (Lipinski definition) is 0. The van der Waals surface area contributed by atoms with Crippen LogP contribution in [0.2, 0.25) is 0 Å². The number of carbonyl (C=O) groups is 1. The van der Waals surface area contributed by atoms with Gasteiger partial charge < -0.3 is 14.5 Å². The van der Waals surface area contributed by atoms with Crippen LogP contribution in [0.25, 0.3) is 0 Å². The summed E-state index contributed by atoms with van der Waals surface area (Å²) in [5, 5.41) is 0. The lowest BCUT2D eigenvalue weighted by Crippen LogP contribution is -2.50. The average molecular weight is 384 g/mol. The van der Waals surface area contributed by atoms with Crippen molar-refractivity contribution in [2.24, 2.45) is 5.41 Å². The molecule has 4 heterocycles. The summed E-state index contributed by atoms with van der Waals surface area (Å²) in [4.78, 5) is 24.7. The van der Waals surface area contributed by atoms with E-state index in [9.17, 15) is 18.0 Å². The summed E-state index contributed by atoms with van der Waals surface area (Å²) < 4.78 is 44.3. The Morgan fingerprint density at radius 1 is 1.19 bits per heavy atom. The van der Waals surface area contributed by atoms with E-state index in [0.29, 0.717) is 32.8 Å². The topological polar surface area (TPSA) is 58.6 Å². The van der Waals surface area contributed by atoms with E-state index in [1.165, 1.54) is 0 Å². The van der Waals surface area contributed by atoms with Crippen molar-refractivity contribution in [2.45, 2.75) is 44.3 Å². The first-order valence-electron chi connectivity index (χ1n) is 9.43. The molecule has 6 nitrogen and oxygen atoms in total. The van der Waals surface area contributed by atoms with Gasteiger partial charge in [-0.25, -0.2) is 9.97 Å². The zero-order chi connectivity index (χ0) is 19.1. The van der Waals surface area contributed by atoms with Gasteiger partial charge in [-0.05, 0) is 38.2 Å². The summed E-state index contributed by atoms with van der Waals surface area (Å²) >= 11 is 0. The molecule has 9 heteroatoms. The van der Waals surface area contributed by atoms with Crippen molar-refractivity contribution in [3.63, 3.8) is 0 Å². The number of amides is 1. The van der Waals surface area contributed by atoms with E-state index < -0.39 is 17.3 Å². The average Bonchev–Trinajstić information content (AvgIpc) is 2.98. The smallest absolute Gasteiger partial charge is 0.381 e. The molecule has 0 aliphatic carbocycles. The van der Waals surface area contributed by atoms with Crippen LogP contribution < -0.4 is 4.90 Å². The maximum Gasteiger partial charge on any atom is 0.433 e. The molecule has 0 saturated carbocycles. The molecule has 0 radical (unpaired) electrons. The highest BCUT2D eigenvalue weighted by atomic mass is 19.4. The summed E-state index contributed by atoms with van der Waals surface area (Å²) in [5.41, 5.74) is -1.48. The second kappa shape index (κ2) is 6.92. The lowest BCUT2D eigenvalue weighted by molar-refractivity contribution is -0.141. The number of alkyl halides is 3. The van der Waals surface area contributed by atoms with Crippen molar-refractivity contribution < 1.29 is 22.7 Å². The second-order valence-electron chi connectivity index (χ2n) is 7.64. The summed E-state index contributed by atoms with van der Waals surface area (Å²) in [7, 11) is 0. The first-order chi connectivity index (χ1) is 12.9. The van der Waals surface area contributed by atoms with Gasteiger partial charge in [0.15, 0.2) is 0 Å². The van der Waals surface area contributed by atoms with E-state index in [1.54, 1.807) is 4.90 Å². The van der Waals surface area contributed by atoms with Crippen molar-refractivity contribution in [2.75, 3.05) is 37.7 Å². The van der Waals surface area contributed by atoms with Gasteiger partial charge in [0.1, 0.15) is 5.69 Å². The quantitative estimate of drug-likeness (QED) is 0.784. The molecule has 3 saturated heterocycles. The fourth-order valence-corrected chi connectivity index (χ4v) is 4.53. The number of piperidine rings is 1. The highest BCUT2D eigenvalue weighted by Crippen LogP contribution is 2.42. The minimum absolute atomic E-state index is 0.0567. The fraction of sp³-hybridized carbons (Fsp3) is 0.722. The van der Waals surface area contributed by atoms with Crippen molar-refractivity contribution in [1.29, 1.82) is 0 Å². The molecular formula is C18H23F3N4O2. The Labute approximate surface area is 155 Å². The molecule has 3 aliphatic rings. The number of carbonyl (C=O) groups excluding carboxylic acids is 1. The predicted molar refractivity (Wildman–Crippen MR) is 91.1 cm³/mol. The van der Waals surface area contributed by atoms with Crippen LogP contribution in [0, 0.1) is 5.41 Å². The van der Waals surface area contributed by atoms with Crippen LogP contribution >= 0.6 is 0 Å². The van der Waals surface area contributed by atoms with Gasteiger partial charge in [0.2, 0.25) is 11.9 Å². The highest BCUT2D eigenvalue weighted by molar-refractivity contribution is 5.86. The largest absolute Gasteiger partial charge is 0.433 e. The van der Waals surface area contributed by atoms with Crippen LogP contribution in [0.4, 0.5) is 19.1 Å². The molecule has 4 rings (SSSR count). The molecule has 0 N–H and O–H groups in total. The maximum absolute atomic E-state index is 13.2. The van der Waals surface area contributed by atoms with E-state index in [0.717, 1.165) is 44.4 Å². The number of aromatic nitrogens is 2. The monoisotopic (exact) mass is 384 g/mol. The summed E-state index contributed by atoms with van der Waals surface area (Å²) in [5.74, 6) is 0.187. The van der Waals surface area contributed by atoms with Crippen LogP contribution in [0.3, 0.4) is 0 Å². The molecule has 148 valence electrons. The second-order valence-corrected chi connectivity index (χ2v) is 7.64. The minimum Gasteiger partial charge on any atom is -0.381 e. The Kier molecular flexibility index (Phi) is 4.73. The summed E-state index contributed by atoms with van der Waals surface area (Å²) in [6.07, 6.45) is 0.572. The van der Waals surface area contributed by atoms with Gasteiger partial charge in [0, 0.05) is 45.1 Å². The van der Waals surface area contributed by atoms with Gasteiger partial charge >= 0.3 is 6.18 Å². The van der Waals surface area contributed by atoms with Gasteiger partial charge in [-0.3, -0.25) is 4.79 Å². The molecule has 3 fully saturated rings. The molecule has 1 aromatic rings. The number of anilines is 1. The molecule has 27 heavy (non-hydrogen) atoms. The van der Waals surface area contributed by atoms with Crippen LogP contribution in [-0.2, 0) is 15.7 Å². The minimum atomic E-state index is -4.51. The van der Waals surface area contributed by atoms with E-state index in [-0.39, 0.29) is 17.9 Å². The number of rotatable bonds is 2. The molecule has 3 aliphatic heterocycles. The van der Waals surface area contributed by atoms with Gasteiger partial charge in [0.25, 0.3) is 0 Å². The Bertz CT molecular complexity index is 708. The number of likely N-dealkylation sites (tertiary alicyclic amines) is 1. The zero-order valence-electron chi connectivity index (χ0n) is 15.0. The van der Waals surface area contributed by atoms with Crippen LogP contribution in [0.5, 0.6) is 0 Å². The van der Waals surface area contributed by atoms with Crippen LogP contribution in [0.15, 0.2) is 12.3 Å². The van der Waals surface area contributed by atoms with E-state index in [4.69, 9.17) is 4.74 Å². The third-order valence-electron chi connectivity index (χ3n) is 5.97. The van der Waals surface area contributed by atoms with Crippen molar-refractivity contribution in [3.8, 4) is 0 Å². The van der Waals surface area contributed by atoms with Gasteiger partial charge in [-0.15, -0.1) is 0 Å². The van der Waals surface area contributed by atoms with E-state index in [1.807, 2.05) is 4.90 Å². The third kappa shape index (κ3) is 3.49. The van der Waals surface area contributed by atoms with Crippen LogP contribution in [-0.4, -0.2) is 59.7 Å². The van der Waals surface area contributed by atoms with Gasteiger partial charge in [-0.1, -0.05) is 0 Å². The Hall–Kier alpha value is -1.90. The van der Waals surface area contributed by atoms with Gasteiger partial charge in [0.05, 0.1) is 5.41 Å². The van der Waals surface area contributed by atoms with E-state index in [2.05, 4.69) is 9.97 Å². The predicted octanol–water partition coefficient (Wildman–Crippen LogP) is 2.49. The standard InChI is InChI=1S/C18H23F3N4O2/c19-18(20,21)14-2-7-22-16(23-14)24-8-1-5-17(12-24)6-9-25(15(17)26)13-3-10-27-11-4-13/h2,7,13H,1,3-6,8-12H2. The Morgan fingerprint density at radius 2 is 1.96 bits per heavy atom. The SMILES string of the molecule is O=C1N(C2CCOCC2)CCC12CCCN(c1nccc(C(F)(F)F)n1)C2. The molecule has 1 atom stereocenters. The molecular weight excluding hydrogens is 361 g/mol. The first kappa shape index (κ1) is 18.5. The number of ether oxygens (including phenoxy) is 1. The molecule has 0 bridgehead atoms. The van der Waals surface area contributed by atoms with Crippen LogP contribution in [0.1, 0.15) is 37.8 Å². The number of hydrogen-bond acceptors (Lipinski definition) is 5. The number of nitrogens with zero attached hydrogens (tertiary/aromatic N) is 4.